The predicted octanol–water partition coefficient (Wildman–Crippen LogP) is 0.254. The van der Waals surface area contributed by atoms with Crippen LogP contribution in [0.25, 0.3) is 11.2 Å². The summed E-state index contributed by atoms with van der Waals surface area (Å²) >= 11 is 0. The number of nitrogen functional groups attached to an aromatic ring is 1. The third-order valence-electron chi connectivity index (χ3n) is 1.88. The SMILES string of the molecule is Cc1nc2nc(N)ncc2n1C. The molecule has 0 unspecified atom stereocenters. The third-order valence-corrected chi connectivity index (χ3v) is 1.88. The van der Waals surface area contributed by atoms with Gasteiger partial charge in [0.15, 0.2) is 5.65 Å². The molecule has 0 bridgehead atoms. The number of nitrogens with two attached hydrogens (primary N) is 1. The molecule has 2 N–H and O–H groups in total. The monoisotopic (exact) mass is 163 g/mol. The summed E-state index contributed by atoms with van der Waals surface area (Å²) in [6.45, 7) is 1.91. The zero-order chi connectivity index (χ0) is 8.72. The lowest BCUT2D eigenvalue weighted by Gasteiger charge is -1.94. The number of aromatic nitrogens is 4. The first-order chi connectivity index (χ1) is 5.68. The first-order valence-electron chi connectivity index (χ1n) is 3.60. The van der Waals surface area contributed by atoms with Crippen molar-refractivity contribution in [2.24, 2.45) is 7.05 Å². The molecule has 0 aliphatic carbocycles. The van der Waals surface area contributed by atoms with Gasteiger partial charge in [0.25, 0.3) is 0 Å². The highest BCUT2D eigenvalue weighted by atomic mass is 15.1. The van der Waals surface area contributed by atoms with Crippen LogP contribution in [0.1, 0.15) is 5.82 Å². The fourth-order valence-corrected chi connectivity index (χ4v) is 1.10. The van der Waals surface area contributed by atoms with Crippen LogP contribution in [-0.4, -0.2) is 19.5 Å². The summed E-state index contributed by atoms with van der Waals surface area (Å²) in [5.74, 6) is 1.17. The summed E-state index contributed by atoms with van der Waals surface area (Å²) in [4.78, 5) is 12.1. The highest BCUT2D eigenvalue weighted by molar-refractivity contribution is 5.71. The summed E-state index contributed by atoms with van der Waals surface area (Å²) in [6, 6.07) is 0. The molecule has 0 aliphatic heterocycles. The zero-order valence-electron chi connectivity index (χ0n) is 6.94. The molecule has 0 saturated heterocycles. The third kappa shape index (κ3) is 0.827. The maximum absolute atomic E-state index is 5.41. The van der Waals surface area contributed by atoms with Crippen molar-refractivity contribution in [3.8, 4) is 0 Å². The van der Waals surface area contributed by atoms with Crippen molar-refractivity contribution in [3.63, 3.8) is 0 Å². The summed E-state index contributed by atoms with van der Waals surface area (Å²) in [6.07, 6.45) is 1.68. The van der Waals surface area contributed by atoms with E-state index in [1.807, 2.05) is 18.5 Å². The molecule has 2 rings (SSSR count). The molecule has 2 aromatic rings. The molecule has 0 fully saturated rings. The van der Waals surface area contributed by atoms with E-state index in [2.05, 4.69) is 15.0 Å². The minimum absolute atomic E-state index is 0.264. The van der Waals surface area contributed by atoms with Crippen LogP contribution in [0.2, 0.25) is 0 Å². The molecule has 0 spiro atoms. The number of hydrogen-bond donors (Lipinski definition) is 1. The quantitative estimate of drug-likeness (QED) is 0.604. The van der Waals surface area contributed by atoms with Crippen molar-refractivity contribution in [2.45, 2.75) is 6.92 Å². The van der Waals surface area contributed by atoms with Gasteiger partial charge in [-0.05, 0) is 6.92 Å². The Kier molecular flexibility index (Phi) is 1.27. The second-order valence-electron chi connectivity index (χ2n) is 2.66. The van der Waals surface area contributed by atoms with Gasteiger partial charge in [0.1, 0.15) is 11.3 Å². The number of nitrogens with zero attached hydrogens (tertiary/aromatic N) is 4. The number of imidazole rings is 1. The molecule has 5 nitrogen and oxygen atoms in total. The molecule has 0 amide bonds. The molecule has 2 heterocycles. The maximum Gasteiger partial charge on any atom is 0.222 e. The highest BCUT2D eigenvalue weighted by Crippen LogP contribution is 2.10. The Hall–Kier alpha value is -1.65. The van der Waals surface area contributed by atoms with Gasteiger partial charge >= 0.3 is 0 Å². The summed E-state index contributed by atoms with van der Waals surface area (Å²) < 4.78 is 1.93. The first kappa shape index (κ1) is 7.02. The van der Waals surface area contributed by atoms with E-state index in [0.717, 1.165) is 11.3 Å². The average Bonchev–Trinajstić information content (AvgIpc) is 2.28. The molecule has 0 aromatic carbocycles. The molecule has 5 heteroatoms. The molecule has 0 atom stereocenters. The average molecular weight is 163 g/mol. The number of fused-ring (bicyclic) bond motifs is 1. The number of rotatable bonds is 0. The Morgan fingerprint density at radius 2 is 2.17 bits per heavy atom. The Labute approximate surface area is 69.3 Å². The maximum atomic E-state index is 5.41. The van der Waals surface area contributed by atoms with Crippen molar-refractivity contribution >= 4 is 17.1 Å². The van der Waals surface area contributed by atoms with E-state index in [9.17, 15) is 0 Å². The Bertz CT molecular complexity index is 431. The van der Waals surface area contributed by atoms with Gasteiger partial charge in [0.2, 0.25) is 5.95 Å². The molecule has 0 aliphatic rings. The normalized spacial score (nSPS) is 10.8. The topological polar surface area (TPSA) is 69.6 Å². The van der Waals surface area contributed by atoms with Crippen LogP contribution in [0.15, 0.2) is 6.20 Å². The molecule has 2 aromatic heterocycles. The standard InChI is InChI=1S/C7H9N5/c1-4-10-6-5(12(4)2)3-9-7(8)11-6/h3H,1-2H3,(H2,8,9,11). The fourth-order valence-electron chi connectivity index (χ4n) is 1.10. The Balaban J connectivity index is 2.87. The van der Waals surface area contributed by atoms with Crippen molar-refractivity contribution < 1.29 is 0 Å². The molecular formula is C7H9N5. The molecule has 12 heavy (non-hydrogen) atoms. The van der Waals surface area contributed by atoms with E-state index >= 15 is 0 Å². The van der Waals surface area contributed by atoms with Crippen molar-refractivity contribution in [2.75, 3.05) is 5.73 Å². The van der Waals surface area contributed by atoms with Crippen molar-refractivity contribution in [1.29, 1.82) is 0 Å². The second kappa shape index (κ2) is 2.17. The molecular weight excluding hydrogens is 154 g/mol. The van der Waals surface area contributed by atoms with Crippen LogP contribution in [0.4, 0.5) is 5.95 Å². The van der Waals surface area contributed by atoms with E-state index < -0.39 is 0 Å². The number of hydrogen-bond acceptors (Lipinski definition) is 4. The minimum atomic E-state index is 0.264. The summed E-state index contributed by atoms with van der Waals surface area (Å²) in [5, 5.41) is 0. The lowest BCUT2D eigenvalue weighted by Crippen LogP contribution is -1.95. The number of aryl methyl sites for hydroxylation is 2. The lowest BCUT2D eigenvalue weighted by atomic mass is 10.5. The minimum Gasteiger partial charge on any atom is -0.368 e. The van der Waals surface area contributed by atoms with Crippen molar-refractivity contribution in [3.05, 3.63) is 12.0 Å². The molecule has 62 valence electrons. The van der Waals surface area contributed by atoms with Gasteiger partial charge in [-0.15, -0.1) is 0 Å². The Morgan fingerprint density at radius 1 is 1.42 bits per heavy atom. The van der Waals surface area contributed by atoms with Gasteiger partial charge in [-0.3, -0.25) is 0 Å². The Morgan fingerprint density at radius 3 is 2.92 bits per heavy atom. The highest BCUT2D eigenvalue weighted by Gasteiger charge is 2.04. The summed E-state index contributed by atoms with van der Waals surface area (Å²) in [7, 11) is 1.92. The van der Waals surface area contributed by atoms with Crippen LogP contribution in [0, 0.1) is 6.92 Å². The van der Waals surface area contributed by atoms with Gasteiger partial charge < -0.3 is 10.3 Å². The predicted molar refractivity (Wildman–Crippen MR) is 45.5 cm³/mol. The van der Waals surface area contributed by atoms with Gasteiger partial charge in [0.05, 0.1) is 6.20 Å². The smallest absolute Gasteiger partial charge is 0.222 e. The van der Waals surface area contributed by atoms with Gasteiger partial charge in [-0.25, -0.2) is 9.97 Å². The van der Waals surface area contributed by atoms with Crippen LogP contribution in [0.3, 0.4) is 0 Å². The van der Waals surface area contributed by atoms with Crippen molar-refractivity contribution in [1.82, 2.24) is 19.5 Å². The second-order valence-corrected chi connectivity index (χ2v) is 2.66. The van der Waals surface area contributed by atoms with Crippen LogP contribution < -0.4 is 5.73 Å². The van der Waals surface area contributed by atoms with Crippen LogP contribution in [-0.2, 0) is 7.05 Å². The lowest BCUT2D eigenvalue weighted by molar-refractivity contribution is 0.884. The van der Waals surface area contributed by atoms with E-state index in [4.69, 9.17) is 5.73 Å². The largest absolute Gasteiger partial charge is 0.368 e. The van der Waals surface area contributed by atoms with Gasteiger partial charge in [0, 0.05) is 7.05 Å². The van der Waals surface area contributed by atoms with Gasteiger partial charge in [-0.1, -0.05) is 0 Å². The van der Waals surface area contributed by atoms with E-state index in [1.54, 1.807) is 6.20 Å². The zero-order valence-corrected chi connectivity index (χ0v) is 6.94. The number of anilines is 1. The summed E-state index contributed by atoms with van der Waals surface area (Å²) in [5.41, 5.74) is 6.97. The van der Waals surface area contributed by atoms with E-state index in [1.165, 1.54) is 0 Å². The van der Waals surface area contributed by atoms with Gasteiger partial charge in [-0.2, -0.15) is 4.98 Å². The fraction of sp³-hybridized carbons (Fsp3) is 0.286. The first-order valence-corrected chi connectivity index (χ1v) is 3.60. The van der Waals surface area contributed by atoms with E-state index in [0.29, 0.717) is 5.65 Å². The molecule has 0 radical (unpaired) electrons. The van der Waals surface area contributed by atoms with Crippen LogP contribution in [0.5, 0.6) is 0 Å². The molecule has 0 saturated carbocycles. The van der Waals surface area contributed by atoms with Crippen LogP contribution >= 0.6 is 0 Å². The van der Waals surface area contributed by atoms with E-state index in [-0.39, 0.29) is 5.95 Å².